The predicted molar refractivity (Wildman–Crippen MR) is 79.5 cm³/mol. The van der Waals surface area contributed by atoms with Gasteiger partial charge in [0.05, 0.1) is 16.8 Å². The number of nitrogens with one attached hydrogen (secondary N) is 1. The smallest absolute Gasteiger partial charge is 0.310 e. The van der Waals surface area contributed by atoms with Crippen LogP contribution in [0.4, 0.5) is 11.4 Å². The summed E-state index contributed by atoms with van der Waals surface area (Å²) in [6, 6.07) is 4.60. The summed E-state index contributed by atoms with van der Waals surface area (Å²) in [6.07, 6.45) is 1.59. The van der Waals surface area contributed by atoms with Crippen molar-refractivity contribution in [2.24, 2.45) is 23.7 Å². The van der Waals surface area contributed by atoms with Crippen LogP contribution < -0.4 is 5.32 Å². The molecule has 0 spiro atoms. The molecule has 2 saturated carbocycles. The number of aryl methyl sites for hydroxylation is 1. The number of esters is 1. The Labute approximate surface area is 132 Å². The quantitative estimate of drug-likeness (QED) is 0.522. The number of hydrogen-bond donors (Lipinski definition) is 1. The molecule has 23 heavy (non-hydrogen) atoms. The van der Waals surface area contributed by atoms with E-state index in [9.17, 15) is 19.7 Å². The molecule has 7 nitrogen and oxygen atoms in total. The number of benzene rings is 1. The summed E-state index contributed by atoms with van der Waals surface area (Å²) in [5, 5.41) is 13.7. The lowest BCUT2D eigenvalue weighted by Crippen LogP contribution is -2.35. The Morgan fingerprint density at radius 2 is 2.17 bits per heavy atom. The van der Waals surface area contributed by atoms with Crippen LogP contribution in [0, 0.1) is 40.7 Å². The summed E-state index contributed by atoms with van der Waals surface area (Å²) in [7, 11) is 0. The molecule has 1 amide bonds. The van der Waals surface area contributed by atoms with Gasteiger partial charge in [-0.25, -0.2) is 0 Å². The van der Waals surface area contributed by atoms with E-state index >= 15 is 0 Å². The topological polar surface area (TPSA) is 98.5 Å². The van der Waals surface area contributed by atoms with Gasteiger partial charge in [0.25, 0.3) is 5.69 Å². The number of rotatable bonds is 3. The lowest BCUT2D eigenvalue weighted by molar-refractivity contribution is -0.385. The number of nitro benzene ring substituents is 1. The second-order valence-corrected chi connectivity index (χ2v) is 6.67. The summed E-state index contributed by atoms with van der Waals surface area (Å²) in [5.74, 6) is -0.906. The molecule has 2 bridgehead atoms. The number of anilines is 1. The molecule has 7 heteroatoms. The number of fused-ring (bicyclic) bond motifs is 1. The van der Waals surface area contributed by atoms with Crippen molar-refractivity contribution >= 4 is 23.3 Å². The first-order valence-electron chi connectivity index (χ1n) is 7.72. The van der Waals surface area contributed by atoms with Crippen molar-refractivity contribution in [3.8, 4) is 0 Å². The Hall–Kier alpha value is -2.44. The summed E-state index contributed by atoms with van der Waals surface area (Å²) in [6.45, 7) is 1.65. The van der Waals surface area contributed by atoms with Crippen LogP contribution in [0.2, 0.25) is 0 Å². The molecular weight excluding hydrogens is 300 g/mol. The average molecular weight is 316 g/mol. The highest BCUT2D eigenvalue weighted by molar-refractivity contribution is 5.97. The van der Waals surface area contributed by atoms with Crippen LogP contribution >= 0.6 is 0 Å². The molecule has 3 fully saturated rings. The standard InChI is InChI=1S/C16H16N2O5/c1-7-2-3-9(6-11(7)18(21)22)17-15(19)13-8-4-10-12(5-8)23-16(20)14(10)13/h2-3,6,8,10,12-14H,4-5H2,1H3,(H,17,19)/t8-,10+,12-,13+,14+/m0/s1. The highest BCUT2D eigenvalue weighted by atomic mass is 16.6. The SMILES string of the molecule is Cc1ccc(NC(=O)[C@@H]2[C@H]3C[C@H]4[C@H]2C(=O)O[C@H]4C3)cc1[N+](=O)[O-]. The van der Waals surface area contributed by atoms with Crippen LogP contribution in [0.3, 0.4) is 0 Å². The molecule has 1 aromatic rings. The summed E-state index contributed by atoms with van der Waals surface area (Å²) >= 11 is 0. The van der Waals surface area contributed by atoms with Crippen LogP contribution in [0.5, 0.6) is 0 Å². The molecular formula is C16H16N2O5. The molecule has 5 atom stereocenters. The second kappa shape index (κ2) is 4.78. The maximum absolute atomic E-state index is 12.6. The van der Waals surface area contributed by atoms with Gasteiger partial charge >= 0.3 is 5.97 Å². The molecule has 3 aliphatic rings. The molecule has 0 radical (unpaired) electrons. The zero-order valence-electron chi connectivity index (χ0n) is 12.5. The van der Waals surface area contributed by atoms with Gasteiger partial charge in [0.2, 0.25) is 5.91 Å². The van der Waals surface area contributed by atoms with Gasteiger partial charge in [-0.3, -0.25) is 19.7 Å². The van der Waals surface area contributed by atoms with E-state index in [1.54, 1.807) is 19.1 Å². The fourth-order valence-corrected chi connectivity index (χ4v) is 4.47. The number of hydrogen-bond acceptors (Lipinski definition) is 5. The number of nitrogens with zero attached hydrogens (tertiary/aromatic N) is 1. The van der Waals surface area contributed by atoms with Crippen LogP contribution in [-0.2, 0) is 14.3 Å². The Morgan fingerprint density at radius 1 is 1.39 bits per heavy atom. The monoisotopic (exact) mass is 316 g/mol. The summed E-state index contributed by atoms with van der Waals surface area (Å²) in [4.78, 5) is 35.1. The van der Waals surface area contributed by atoms with Gasteiger partial charge in [-0.1, -0.05) is 6.07 Å². The van der Waals surface area contributed by atoms with E-state index in [4.69, 9.17) is 4.74 Å². The molecule has 120 valence electrons. The van der Waals surface area contributed by atoms with Crippen molar-refractivity contribution < 1.29 is 19.2 Å². The maximum atomic E-state index is 12.6. The van der Waals surface area contributed by atoms with Crippen molar-refractivity contribution in [3.63, 3.8) is 0 Å². The van der Waals surface area contributed by atoms with Crippen LogP contribution in [-0.4, -0.2) is 22.9 Å². The fraction of sp³-hybridized carbons (Fsp3) is 0.500. The minimum atomic E-state index is -0.471. The van der Waals surface area contributed by atoms with Gasteiger partial charge in [-0.05, 0) is 31.7 Å². The zero-order chi connectivity index (χ0) is 16.3. The number of ether oxygens (including phenoxy) is 1. The van der Waals surface area contributed by atoms with Gasteiger partial charge in [-0.15, -0.1) is 0 Å². The minimum absolute atomic E-state index is 0.0120. The van der Waals surface area contributed by atoms with E-state index in [1.807, 2.05) is 0 Å². The van der Waals surface area contributed by atoms with Crippen LogP contribution in [0.25, 0.3) is 0 Å². The Bertz CT molecular complexity index is 729. The first-order chi connectivity index (χ1) is 11.0. The highest BCUT2D eigenvalue weighted by Gasteiger charge is 2.63. The fourth-order valence-electron chi connectivity index (χ4n) is 4.47. The second-order valence-electron chi connectivity index (χ2n) is 6.67. The first-order valence-corrected chi connectivity index (χ1v) is 7.72. The molecule has 0 aromatic heterocycles. The Balaban J connectivity index is 1.56. The first kappa shape index (κ1) is 14.2. The van der Waals surface area contributed by atoms with E-state index in [-0.39, 0.29) is 47.3 Å². The molecule has 1 N–H and O–H groups in total. The predicted octanol–water partition coefficient (Wildman–Crippen LogP) is 2.04. The van der Waals surface area contributed by atoms with Crippen molar-refractivity contribution in [1.29, 1.82) is 0 Å². The van der Waals surface area contributed by atoms with E-state index < -0.39 is 4.92 Å². The molecule has 1 aliphatic heterocycles. The normalized spacial score (nSPS) is 33.6. The third kappa shape index (κ3) is 2.03. The zero-order valence-corrected chi connectivity index (χ0v) is 12.5. The van der Waals surface area contributed by atoms with Crippen molar-refractivity contribution in [2.75, 3.05) is 5.32 Å². The molecule has 2 aliphatic carbocycles. The lowest BCUT2D eigenvalue weighted by Gasteiger charge is -2.23. The van der Waals surface area contributed by atoms with E-state index in [2.05, 4.69) is 5.32 Å². The van der Waals surface area contributed by atoms with Crippen molar-refractivity contribution in [1.82, 2.24) is 0 Å². The summed E-state index contributed by atoms with van der Waals surface area (Å²) in [5.41, 5.74) is 0.893. The maximum Gasteiger partial charge on any atom is 0.310 e. The van der Waals surface area contributed by atoms with E-state index in [0.717, 1.165) is 12.8 Å². The number of carbonyl (C=O) groups excluding carboxylic acids is 2. The number of amides is 1. The van der Waals surface area contributed by atoms with Crippen LogP contribution in [0.1, 0.15) is 18.4 Å². The third-order valence-electron chi connectivity index (χ3n) is 5.46. The van der Waals surface area contributed by atoms with Gasteiger partial charge in [0.1, 0.15) is 6.10 Å². The lowest BCUT2D eigenvalue weighted by atomic mass is 9.79. The van der Waals surface area contributed by atoms with E-state index in [1.165, 1.54) is 6.07 Å². The van der Waals surface area contributed by atoms with Crippen molar-refractivity contribution in [3.05, 3.63) is 33.9 Å². The van der Waals surface area contributed by atoms with Gasteiger partial charge < -0.3 is 10.1 Å². The van der Waals surface area contributed by atoms with Gasteiger partial charge in [-0.2, -0.15) is 0 Å². The molecule has 0 unspecified atom stereocenters. The molecule has 4 rings (SSSR count). The summed E-state index contributed by atoms with van der Waals surface area (Å²) < 4.78 is 5.33. The Morgan fingerprint density at radius 3 is 2.91 bits per heavy atom. The highest BCUT2D eigenvalue weighted by Crippen LogP contribution is 2.57. The number of nitro groups is 1. The largest absolute Gasteiger partial charge is 0.462 e. The van der Waals surface area contributed by atoms with Crippen molar-refractivity contribution in [2.45, 2.75) is 25.9 Å². The van der Waals surface area contributed by atoms with Gasteiger partial charge in [0.15, 0.2) is 0 Å². The Kier molecular flexibility index (Phi) is 2.94. The minimum Gasteiger partial charge on any atom is -0.462 e. The third-order valence-corrected chi connectivity index (χ3v) is 5.46. The average Bonchev–Trinajstić information content (AvgIpc) is 3.10. The molecule has 1 aromatic carbocycles. The van der Waals surface area contributed by atoms with Gasteiger partial charge in [0, 0.05) is 23.2 Å². The number of carbonyl (C=O) groups is 2. The molecule has 1 heterocycles. The van der Waals surface area contributed by atoms with Crippen LogP contribution in [0.15, 0.2) is 18.2 Å². The van der Waals surface area contributed by atoms with E-state index in [0.29, 0.717) is 11.3 Å². The molecule has 1 saturated heterocycles.